The summed E-state index contributed by atoms with van der Waals surface area (Å²) >= 11 is 6.18. The highest BCUT2D eigenvalue weighted by molar-refractivity contribution is 6.32. The number of hydrogen-bond donors (Lipinski definition) is 2. The van der Waals surface area contributed by atoms with Gasteiger partial charge in [-0.3, -0.25) is 0 Å². The molecule has 2 aromatic carbocycles. The molecule has 0 fully saturated rings. The molecule has 2 N–H and O–H groups in total. The minimum atomic E-state index is 0.0255. The van der Waals surface area contributed by atoms with Gasteiger partial charge in [-0.1, -0.05) is 23.7 Å². The maximum atomic E-state index is 9.13. The Morgan fingerprint density at radius 1 is 1.10 bits per heavy atom. The molecule has 0 aliphatic heterocycles. The number of aliphatic hydroxyl groups is 1. The van der Waals surface area contributed by atoms with Gasteiger partial charge in [-0.25, -0.2) is 0 Å². The van der Waals surface area contributed by atoms with Gasteiger partial charge in [-0.2, -0.15) is 0 Å². The average Bonchev–Trinajstić information content (AvgIpc) is 2.52. The Balaban J connectivity index is 2.14. The Labute approximate surface area is 129 Å². The van der Waals surface area contributed by atoms with Gasteiger partial charge in [-0.05, 0) is 35.4 Å². The average molecular weight is 308 g/mol. The molecule has 0 amide bonds. The van der Waals surface area contributed by atoms with E-state index < -0.39 is 0 Å². The molecule has 5 heteroatoms. The number of anilines is 1. The summed E-state index contributed by atoms with van der Waals surface area (Å²) in [5.41, 5.74) is 2.78. The minimum Gasteiger partial charge on any atom is -0.493 e. The lowest BCUT2D eigenvalue weighted by Crippen LogP contribution is -2.01. The van der Waals surface area contributed by atoms with E-state index in [-0.39, 0.29) is 6.61 Å². The molecule has 0 saturated heterocycles. The van der Waals surface area contributed by atoms with Crippen LogP contribution in [0.3, 0.4) is 0 Å². The van der Waals surface area contributed by atoms with Gasteiger partial charge in [0.2, 0.25) is 0 Å². The monoisotopic (exact) mass is 307 g/mol. The van der Waals surface area contributed by atoms with Crippen LogP contribution in [0.5, 0.6) is 11.5 Å². The third-order valence-corrected chi connectivity index (χ3v) is 3.38. The van der Waals surface area contributed by atoms with Crippen molar-refractivity contribution >= 4 is 17.3 Å². The summed E-state index contributed by atoms with van der Waals surface area (Å²) in [7, 11) is 3.14. The zero-order chi connectivity index (χ0) is 15.2. The van der Waals surface area contributed by atoms with Gasteiger partial charge in [0.15, 0.2) is 11.5 Å². The molecule has 21 heavy (non-hydrogen) atoms. The number of ether oxygens (including phenoxy) is 2. The highest BCUT2D eigenvalue weighted by atomic mass is 35.5. The number of aliphatic hydroxyl groups excluding tert-OH is 1. The highest BCUT2D eigenvalue weighted by Crippen LogP contribution is 2.36. The minimum absolute atomic E-state index is 0.0255. The van der Waals surface area contributed by atoms with Crippen LogP contribution in [0.4, 0.5) is 5.69 Å². The van der Waals surface area contributed by atoms with Crippen molar-refractivity contribution in [2.45, 2.75) is 13.2 Å². The Morgan fingerprint density at radius 3 is 2.57 bits per heavy atom. The second-order valence-corrected chi connectivity index (χ2v) is 4.93. The molecule has 0 atom stereocenters. The van der Waals surface area contributed by atoms with E-state index in [1.165, 1.54) is 0 Å². The van der Waals surface area contributed by atoms with Crippen molar-refractivity contribution in [1.82, 2.24) is 0 Å². The Bertz CT molecular complexity index is 616. The van der Waals surface area contributed by atoms with Crippen LogP contribution in [0, 0.1) is 0 Å². The zero-order valence-electron chi connectivity index (χ0n) is 12.0. The number of benzene rings is 2. The predicted molar refractivity (Wildman–Crippen MR) is 84.2 cm³/mol. The molecule has 2 aromatic rings. The van der Waals surface area contributed by atoms with Crippen molar-refractivity contribution in [3.63, 3.8) is 0 Å². The van der Waals surface area contributed by atoms with Gasteiger partial charge >= 0.3 is 0 Å². The quantitative estimate of drug-likeness (QED) is 0.858. The first-order valence-electron chi connectivity index (χ1n) is 6.52. The summed E-state index contributed by atoms with van der Waals surface area (Å²) in [6.45, 7) is 0.618. The first-order valence-corrected chi connectivity index (χ1v) is 6.89. The fourth-order valence-corrected chi connectivity index (χ4v) is 2.37. The second kappa shape index (κ2) is 7.20. The van der Waals surface area contributed by atoms with E-state index in [2.05, 4.69) is 5.32 Å². The maximum absolute atomic E-state index is 9.13. The molecule has 2 rings (SSSR count). The van der Waals surface area contributed by atoms with Crippen LogP contribution in [0.2, 0.25) is 5.02 Å². The van der Waals surface area contributed by atoms with Crippen LogP contribution in [0.15, 0.2) is 36.4 Å². The summed E-state index contributed by atoms with van der Waals surface area (Å²) in [6.07, 6.45) is 0. The Hall–Kier alpha value is -1.91. The maximum Gasteiger partial charge on any atom is 0.179 e. The molecule has 0 aliphatic carbocycles. The van der Waals surface area contributed by atoms with E-state index in [1.807, 2.05) is 36.4 Å². The molecule has 0 heterocycles. The van der Waals surface area contributed by atoms with Crippen LogP contribution in [-0.4, -0.2) is 19.3 Å². The number of nitrogens with one attached hydrogen (secondary N) is 1. The third-order valence-electron chi connectivity index (χ3n) is 3.10. The van der Waals surface area contributed by atoms with E-state index in [0.29, 0.717) is 23.1 Å². The standard InChI is InChI=1S/C16H18ClNO3/c1-20-15-8-12(7-14(17)16(15)21-2)9-18-13-5-3-4-11(6-13)10-19/h3-8,18-19H,9-10H2,1-2H3. The lowest BCUT2D eigenvalue weighted by Gasteiger charge is -2.13. The van der Waals surface area contributed by atoms with Crippen molar-refractivity contribution in [3.8, 4) is 11.5 Å². The number of hydrogen-bond acceptors (Lipinski definition) is 4. The van der Waals surface area contributed by atoms with Gasteiger partial charge in [-0.15, -0.1) is 0 Å². The SMILES string of the molecule is COc1cc(CNc2cccc(CO)c2)cc(Cl)c1OC. The van der Waals surface area contributed by atoms with E-state index in [1.54, 1.807) is 14.2 Å². The molecular formula is C16H18ClNO3. The molecule has 0 unspecified atom stereocenters. The largest absolute Gasteiger partial charge is 0.493 e. The van der Waals surface area contributed by atoms with Gasteiger partial charge in [0, 0.05) is 12.2 Å². The van der Waals surface area contributed by atoms with Gasteiger partial charge < -0.3 is 19.9 Å². The van der Waals surface area contributed by atoms with Crippen LogP contribution in [-0.2, 0) is 13.2 Å². The summed E-state index contributed by atoms with van der Waals surface area (Å²) in [5, 5.41) is 12.9. The molecule has 0 saturated carbocycles. The highest BCUT2D eigenvalue weighted by Gasteiger charge is 2.10. The summed E-state index contributed by atoms with van der Waals surface area (Å²) in [6, 6.07) is 11.3. The van der Waals surface area contributed by atoms with Crippen molar-refractivity contribution < 1.29 is 14.6 Å². The first kappa shape index (κ1) is 15.5. The van der Waals surface area contributed by atoms with Crippen molar-refractivity contribution in [2.24, 2.45) is 0 Å². The van der Waals surface area contributed by atoms with E-state index in [0.717, 1.165) is 16.8 Å². The molecule has 0 aliphatic rings. The van der Waals surface area contributed by atoms with Crippen LogP contribution < -0.4 is 14.8 Å². The lowest BCUT2D eigenvalue weighted by atomic mass is 10.1. The molecule has 4 nitrogen and oxygen atoms in total. The smallest absolute Gasteiger partial charge is 0.179 e. The van der Waals surface area contributed by atoms with Crippen LogP contribution in [0.25, 0.3) is 0 Å². The number of methoxy groups -OCH3 is 2. The molecule has 0 spiro atoms. The first-order chi connectivity index (χ1) is 10.2. The normalized spacial score (nSPS) is 10.3. The predicted octanol–water partition coefficient (Wildman–Crippen LogP) is 3.46. The summed E-state index contributed by atoms with van der Waals surface area (Å²) in [5.74, 6) is 1.14. The number of rotatable bonds is 6. The van der Waals surface area contributed by atoms with Crippen LogP contribution >= 0.6 is 11.6 Å². The van der Waals surface area contributed by atoms with E-state index in [9.17, 15) is 0 Å². The molecule has 0 aromatic heterocycles. The lowest BCUT2D eigenvalue weighted by molar-refractivity contribution is 0.282. The van der Waals surface area contributed by atoms with E-state index >= 15 is 0 Å². The molecule has 112 valence electrons. The van der Waals surface area contributed by atoms with Gasteiger partial charge in [0.1, 0.15) is 0 Å². The second-order valence-electron chi connectivity index (χ2n) is 4.53. The van der Waals surface area contributed by atoms with Gasteiger partial charge in [0.25, 0.3) is 0 Å². The summed E-state index contributed by atoms with van der Waals surface area (Å²) in [4.78, 5) is 0. The van der Waals surface area contributed by atoms with Crippen LogP contribution in [0.1, 0.15) is 11.1 Å². The third kappa shape index (κ3) is 3.80. The molecule has 0 radical (unpaired) electrons. The molecular weight excluding hydrogens is 290 g/mol. The fourth-order valence-electron chi connectivity index (χ4n) is 2.06. The molecule has 0 bridgehead atoms. The summed E-state index contributed by atoms with van der Waals surface area (Å²) < 4.78 is 10.5. The number of halogens is 1. The Morgan fingerprint density at radius 2 is 1.90 bits per heavy atom. The topological polar surface area (TPSA) is 50.7 Å². The zero-order valence-corrected chi connectivity index (χ0v) is 12.8. The fraction of sp³-hybridized carbons (Fsp3) is 0.250. The Kier molecular flexibility index (Phi) is 5.31. The van der Waals surface area contributed by atoms with Gasteiger partial charge in [0.05, 0.1) is 25.8 Å². The van der Waals surface area contributed by atoms with Crippen molar-refractivity contribution in [1.29, 1.82) is 0 Å². The van der Waals surface area contributed by atoms with Crippen molar-refractivity contribution in [3.05, 3.63) is 52.5 Å². The van der Waals surface area contributed by atoms with Crippen molar-refractivity contribution in [2.75, 3.05) is 19.5 Å². The van der Waals surface area contributed by atoms with E-state index in [4.69, 9.17) is 26.2 Å².